The first-order valence-electron chi connectivity index (χ1n) is 6.67. The van der Waals surface area contributed by atoms with E-state index >= 15 is 0 Å². The van der Waals surface area contributed by atoms with Crippen molar-refractivity contribution < 1.29 is 9.53 Å². The fourth-order valence-electron chi connectivity index (χ4n) is 2.01. The quantitative estimate of drug-likeness (QED) is 0.819. The SMILES string of the molecule is CCOC(=O)CC(NC)c1cnn(-c2ccccc2)c1. The molecular weight excluding hydrogens is 254 g/mol. The molecule has 1 atom stereocenters. The van der Waals surface area contributed by atoms with Crippen LogP contribution in [-0.2, 0) is 9.53 Å². The molecule has 0 spiro atoms. The van der Waals surface area contributed by atoms with Gasteiger partial charge in [0.15, 0.2) is 0 Å². The van der Waals surface area contributed by atoms with Crippen LogP contribution in [0.2, 0.25) is 0 Å². The lowest BCUT2D eigenvalue weighted by Crippen LogP contribution is -2.20. The Hall–Kier alpha value is -2.14. The van der Waals surface area contributed by atoms with Crippen LogP contribution in [0.25, 0.3) is 5.69 Å². The summed E-state index contributed by atoms with van der Waals surface area (Å²) in [6.07, 6.45) is 3.99. The standard InChI is InChI=1S/C15H19N3O2/c1-3-20-15(19)9-14(16-2)12-10-17-18(11-12)13-7-5-4-6-8-13/h4-8,10-11,14,16H,3,9H2,1-2H3. The van der Waals surface area contributed by atoms with Gasteiger partial charge in [0, 0.05) is 17.8 Å². The highest BCUT2D eigenvalue weighted by Crippen LogP contribution is 2.18. The molecule has 0 fully saturated rings. The third kappa shape index (κ3) is 3.45. The molecule has 1 aromatic heterocycles. The van der Waals surface area contributed by atoms with E-state index in [9.17, 15) is 4.79 Å². The normalized spacial score (nSPS) is 12.1. The first kappa shape index (κ1) is 14.3. The Bertz CT molecular complexity index is 551. The van der Waals surface area contributed by atoms with Gasteiger partial charge < -0.3 is 10.1 Å². The molecule has 0 saturated carbocycles. The lowest BCUT2D eigenvalue weighted by Gasteiger charge is -2.13. The zero-order valence-electron chi connectivity index (χ0n) is 11.7. The molecule has 2 aromatic rings. The van der Waals surface area contributed by atoms with E-state index in [-0.39, 0.29) is 12.0 Å². The molecule has 1 aromatic carbocycles. The zero-order chi connectivity index (χ0) is 14.4. The predicted molar refractivity (Wildman–Crippen MR) is 76.6 cm³/mol. The van der Waals surface area contributed by atoms with Gasteiger partial charge in [0.2, 0.25) is 0 Å². The maximum Gasteiger partial charge on any atom is 0.307 e. The first-order chi connectivity index (χ1) is 9.74. The van der Waals surface area contributed by atoms with Crippen molar-refractivity contribution in [2.75, 3.05) is 13.7 Å². The third-order valence-electron chi connectivity index (χ3n) is 3.05. The Kier molecular flexibility index (Phi) is 4.90. The van der Waals surface area contributed by atoms with Crippen LogP contribution >= 0.6 is 0 Å². The summed E-state index contributed by atoms with van der Waals surface area (Å²) in [6.45, 7) is 2.21. The van der Waals surface area contributed by atoms with E-state index in [0.717, 1.165) is 11.3 Å². The Labute approximate surface area is 118 Å². The average Bonchev–Trinajstić information content (AvgIpc) is 2.95. The van der Waals surface area contributed by atoms with E-state index in [0.29, 0.717) is 13.0 Å². The van der Waals surface area contributed by atoms with Crippen LogP contribution in [0.1, 0.15) is 24.9 Å². The molecule has 2 rings (SSSR count). The van der Waals surface area contributed by atoms with Crippen molar-refractivity contribution in [3.8, 4) is 5.69 Å². The number of aromatic nitrogens is 2. The highest BCUT2D eigenvalue weighted by atomic mass is 16.5. The number of hydrogen-bond acceptors (Lipinski definition) is 4. The van der Waals surface area contributed by atoms with Crippen molar-refractivity contribution in [3.63, 3.8) is 0 Å². The Morgan fingerprint density at radius 1 is 1.40 bits per heavy atom. The minimum Gasteiger partial charge on any atom is -0.466 e. The molecule has 0 aliphatic heterocycles. The summed E-state index contributed by atoms with van der Waals surface area (Å²) in [7, 11) is 1.82. The van der Waals surface area contributed by atoms with Gasteiger partial charge in [-0.05, 0) is 26.1 Å². The number of ether oxygens (including phenoxy) is 1. The van der Waals surface area contributed by atoms with Gasteiger partial charge in [0.1, 0.15) is 0 Å². The average molecular weight is 273 g/mol. The van der Waals surface area contributed by atoms with E-state index in [2.05, 4.69) is 10.4 Å². The van der Waals surface area contributed by atoms with Crippen LogP contribution in [0.15, 0.2) is 42.7 Å². The van der Waals surface area contributed by atoms with Crippen LogP contribution in [0.5, 0.6) is 0 Å². The molecule has 20 heavy (non-hydrogen) atoms. The van der Waals surface area contributed by atoms with Crippen LogP contribution in [0.3, 0.4) is 0 Å². The van der Waals surface area contributed by atoms with Crippen LogP contribution in [-0.4, -0.2) is 29.4 Å². The fraction of sp³-hybridized carbons (Fsp3) is 0.333. The Morgan fingerprint density at radius 3 is 2.80 bits per heavy atom. The highest BCUT2D eigenvalue weighted by Gasteiger charge is 2.16. The molecule has 0 bridgehead atoms. The number of rotatable bonds is 6. The van der Waals surface area contributed by atoms with Crippen molar-refractivity contribution in [1.29, 1.82) is 0 Å². The number of carbonyl (C=O) groups is 1. The molecule has 5 nitrogen and oxygen atoms in total. The Morgan fingerprint density at radius 2 is 2.15 bits per heavy atom. The highest BCUT2D eigenvalue weighted by molar-refractivity contribution is 5.70. The topological polar surface area (TPSA) is 56.1 Å². The summed E-state index contributed by atoms with van der Waals surface area (Å²) >= 11 is 0. The third-order valence-corrected chi connectivity index (χ3v) is 3.05. The summed E-state index contributed by atoms with van der Waals surface area (Å²) in [5, 5.41) is 7.45. The van der Waals surface area contributed by atoms with E-state index in [1.807, 2.05) is 43.6 Å². The molecule has 0 aliphatic rings. The van der Waals surface area contributed by atoms with Gasteiger partial charge >= 0.3 is 5.97 Å². The van der Waals surface area contributed by atoms with Gasteiger partial charge in [-0.25, -0.2) is 4.68 Å². The second kappa shape index (κ2) is 6.86. The molecule has 1 unspecified atom stereocenters. The number of para-hydroxylation sites is 1. The second-order valence-corrected chi connectivity index (χ2v) is 4.40. The fourth-order valence-corrected chi connectivity index (χ4v) is 2.01. The van der Waals surface area contributed by atoms with Gasteiger partial charge in [-0.15, -0.1) is 0 Å². The summed E-state index contributed by atoms with van der Waals surface area (Å²) in [6, 6.07) is 9.76. The van der Waals surface area contributed by atoms with Crippen molar-refractivity contribution in [1.82, 2.24) is 15.1 Å². The lowest BCUT2D eigenvalue weighted by molar-refractivity contribution is -0.143. The van der Waals surface area contributed by atoms with Crippen molar-refractivity contribution >= 4 is 5.97 Å². The number of nitrogens with zero attached hydrogens (tertiary/aromatic N) is 2. The number of carbonyl (C=O) groups excluding carboxylic acids is 1. The molecule has 1 heterocycles. The molecular formula is C15H19N3O2. The number of esters is 1. The molecule has 0 saturated heterocycles. The smallest absolute Gasteiger partial charge is 0.307 e. The summed E-state index contributed by atoms with van der Waals surface area (Å²) in [4.78, 5) is 11.6. The Balaban J connectivity index is 2.12. The molecule has 0 radical (unpaired) electrons. The van der Waals surface area contributed by atoms with Crippen LogP contribution in [0.4, 0.5) is 0 Å². The van der Waals surface area contributed by atoms with E-state index in [4.69, 9.17) is 4.74 Å². The van der Waals surface area contributed by atoms with Gasteiger partial charge in [-0.1, -0.05) is 18.2 Å². The van der Waals surface area contributed by atoms with Gasteiger partial charge in [-0.3, -0.25) is 4.79 Å². The number of hydrogen-bond donors (Lipinski definition) is 1. The minimum absolute atomic E-state index is 0.0912. The maximum absolute atomic E-state index is 11.6. The van der Waals surface area contributed by atoms with Crippen LogP contribution < -0.4 is 5.32 Å². The first-order valence-corrected chi connectivity index (χ1v) is 6.67. The maximum atomic E-state index is 11.6. The zero-order valence-corrected chi connectivity index (χ0v) is 11.7. The minimum atomic E-state index is -0.209. The molecule has 0 aliphatic carbocycles. The predicted octanol–water partition coefficient (Wildman–Crippen LogP) is 2.09. The van der Waals surface area contributed by atoms with Crippen molar-refractivity contribution in [2.24, 2.45) is 0 Å². The second-order valence-electron chi connectivity index (χ2n) is 4.40. The van der Waals surface area contributed by atoms with Gasteiger partial charge in [-0.2, -0.15) is 5.10 Å². The van der Waals surface area contributed by atoms with Crippen molar-refractivity contribution in [3.05, 3.63) is 48.3 Å². The molecule has 5 heteroatoms. The van der Waals surface area contributed by atoms with Crippen LogP contribution in [0, 0.1) is 0 Å². The van der Waals surface area contributed by atoms with Gasteiger partial charge in [0.05, 0.1) is 24.9 Å². The van der Waals surface area contributed by atoms with Crippen molar-refractivity contribution in [2.45, 2.75) is 19.4 Å². The van der Waals surface area contributed by atoms with E-state index in [1.165, 1.54) is 0 Å². The summed E-state index contributed by atoms with van der Waals surface area (Å²) < 4.78 is 6.78. The lowest BCUT2D eigenvalue weighted by atomic mass is 10.1. The van der Waals surface area contributed by atoms with Gasteiger partial charge in [0.25, 0.3) is 0 Å². The monoisotopic (exact) mass is 273 g/mol. The molecule has 0 amide bonds. The number of nitrogens with one attached hydrogen (secondary N) is 1. The largest absolute Gasteiger partial charge is 0.466 e. The van der Waals surface area contributed by atoms with E-state index < -0.39 is 0 Å². The molecule has 1 N–H and O–H groups in total. The van der Waals surface area contributed by atoms with E-state index in [1.54, 1.807) is 17.8 Å². The summed E-state index contributed by atoms with van der Waals surface area (Å²) in [5.41, 5.74) is 1.95. The summed E-state index contributed by atoms with van der Waals surface area (Å²) in [5.74, 6) is -0.209. The number of benzene rings is 1. The molecule has 106 valence electrons.